The maximum Gasteiger partial charge on any atom is 0.271 e. The normalized spacial score (nSPS) is 14.9. The number of carbonyl (C=O) groups is 1. The molecule has 4 aromatic rings. The second-order valence-electron chi connectivity index (χ2n) is 8.22. The van der Waals surface area contributed by atoms with Crippen molar-refractivity contribution in [1.82, 2.24) is 14.7 Å². The molecule has 5 rings (SSSR count). The van der Waals surface area contributed by atoms with Crippen LogP contribution in [0.4, 0.5) is 5.82 Å². The third-order valence-electron chi connectivity index (χ3n) is 6.04. The summed E-state index contributed by atoms with van der Waals surface area (Å²) in [5, 5.41) is 7.13. The molecule has 3 heterocycles. The number of piperidine rings is 1. The summed E-state index contributed by atoms with van der Waals surface area (Å²) < 4.78 is 1.82. The molecule has 1 aliphatic heterocycles. The van der Waals surface area contributed by atoms with Gasteiger partial charge in [-0.3, -0.25) is 14.6 Å². The predicted molar refractivity (Wildman–Crippen MR) is 134 cm³/mol. The first-order chi connectivity index (χ1) is 16.2. The van der Waals surface area contributed by atoms with Crippen molar-refractivity contribution in [1.29, 1.82) is 0 Å². The highest BCUT2D eigenvalue weighted by Crippen LogP contribution is 2.30. The van der Waals surface area contributed by atoms with Gasteiger partial charge < -0.3 is 0 Å². The van der Waals surface area contributed by atoms with Gasteiger partial charge in [0.25, 0.3) is 5.91 Å². The van der Waals surface area contributed by atoms with Crippen molar-refractivity contribution in [2.24, 2.45) is 0 Å². The number of rotatable bonds is 6. The van der Waals surface area contributed by atoms with E-state index in [9.17, 15) is 4.79 Å². The lowest BCUT2D eigenvalue weighted by Gasteiger charge is -2.37. The number of benzene rings is 2. The number of para-hydroxylation sites is 1. The second-order valence-corrected chi connectivity index (χ2v) is 9.54. The monoisotopic (exact) mass is 476 g/mol. The Morgan fingerprint density at radius 2 is 1.70 bits per heavy atom. The molecule has 168 valence electrons. The summed E-state index contributed by atoms with van der Waals surface area (Å²) in [6.07, 6.45) is 3.69. The van der Waals surface area contributed by atoms with E-state index in [4.69, 9.17) is 16.7 Å². The van der Waals surface area contributed by atoms with Crippen LogP contribution in [-0.2, 0) is 6.54 Å². The molecule has 7 heteroatoms. The van der Waals surface area contributed by atoms with Crippen molar-refractivity contribution in [2.75, 3.05) is 18.0 Å². The fourth-order valence-electron chi connectivity index (χ4n) is 4.36. The molecule has 0 bridgehead atoms. The van der Waals surface area contributed by atoms with Crippen molar-refractivity contribution in [3.8, 4) is 5.69 Å². The first-order valence-electron chi connectivity index (χ1n) is 11.1. The maximum absolute atomic E-state index is 13.6. The number of carbonyl (C=O) groups excluding carboxylic acids is 1. The van der Waals surface area contributed by atoms with Gasteiger partial charge in [0.2, 0.25) is 0 Å². The van der Waals surface area contributed by atoms with Crippen LogP contribution in [0.3, 0.4) is 0 Å². The lowest BCUT2D eigenvalue weighted by molar-refractivity contribution is 0.0961. The predicted octanol–water partition coefficient (Wildman–Crippen LogP) is 5.90. The number of hydrogen-bond donors (Lipinski definition) is 0. The quantitative estimate of drug-likeness (QED) is 0.348. The molecular formula is C26H25ClN4OS. The van der Waals surface area contributed by atoms with E-state index in [1.165, 1.54) is 16.9 Å². The first kappa shape index (κ1) is 21.9. The van der Waals surface area contributed by atoms with Crippen LogP contribution in [-0.4, -0.2) is 39.7 Å². The molecule has 0 spiro atoms. The van der Waals surface area contributed by atoms with Crippen molar-refractivity contribution in [2.45, 2.75) is 25.4 Å². The van der Waals surface area contributed by atoms with Crippen LogP contribution in [0.15, 0.2) is 84.4 Å². The van der Waals surface area contributed by atoms with Gasteiger partial charge in [-0.05, 0) is 42.0 Å². The maximum atomic E-state index is 13.6. The Morgan fingerprint density at radius 1 is 1.00 bits per heavy atom. The van der Waals surface area contributed by atoms with Crippen LogP contribution in [0.5, 0.6) is 0 Å². The number of hydrogen-bond acceptors (Lipinski definition) is 4. The Labute approximate surface area is 202 Å². The molecule has 0 aliphatic carbocycles. The van der Waals surface area contributed by atoms with E-state index in [1.54, 1.807) is 6.07 Å². The molecule has 2 aromatic carbocycles. The minimum absolute atomic E-state index is 0.0711. The summed E-state index contributed by atoms with van der Waals surface area (Å²) in [5.41, 5.74) is 2.28. The second kappa shape index (κ2) is 9.91. The minimum Gasteiger partial charge on any atom is -0.299 e. The number of aromatic nitrogens is 2. The summed E-state index contributed by atoms with van der Waals surface area (Å²) in [6, 6.07) is 24.2. The fraction of sp³-hybridized carbons (Fsp3) is 0.231. The van der Waals surface area contributed by atoms with E-state index in [-0.39, 0.29) is 11.9 Å². The average Bonchev–Trinajstić information content (AvgIpc) is 3.51. The molecule has 0 saturated carbocycles. The van der Waals surface area contributed by atoms with Crippen LogP contribution in [0, 0.1) is 0 Å². The van der Waals surface area contributed by atoms with E-state index in [0.717, 1.165) is 38.2 Å². The van der Waals surface area contributed by atoms with Crippen molar-refractivity contribution >= 4 is 34.7 Å². The first-order valence-corrected chi connectivity index (χ1v) is 12.4. The van der Waals surface area contributed by atoms with Crippen molar-refractivity contribution < 1.29 is 4.79 Å². The summed E-state index contributed by atoms with van der Waals surface area (Å²) >= 11 is 7.73. The van der Waals surface area contributed by atoms with E-state index in [0.29, 0.717) is 15.7 Å². The van der Waals surface area contributed by atoms with Crippen LogP contribution in [0.25, 0.3) is 5.69 Å². The molecule has 2 aromatic heterocycles. The van der Waals surface area contributed by atoms with Crippen LogP contribution in [0.1, 0.15) is 28.1 Å². The molecule has 33 heavy (non-hydrogen) atoms. The van der Waals surface area contributed by atoms with Gasteiger partial charge in [-0.15, -0.1) is 16.4 Å². The van der Waals surface area contributed by atoms with E-state index in [1.807, 2.05) is 63.6 Å². The standard InChI is InChI=1S/C26H25ClN4OS/c27-23-14-18-33-25(23)26(32)31(24-13-17-30(28-24)21-9-5-2-6-10-21)22-11-15-29(16-12-22)19-20-7-3-1-4-8-20/h1-10,13-14,17-18,22H,11-12,15-16,19H2. The van der Waals surface area contributed by atoms with Crippen LogP contribution < -0.4 is 4.90 Å². The Hall–Kier alpha value is -2.93. The number of amides is 1. The topological polar surface area (TPSA) is 41.4 Å². The van der Waals surface area contributed by atoms with Gasteiger partial charge in [-0.1, -0.05) is 60.1 Å². The zero-order valence-corrected chi connectivity index (χ0v) is 19.8. The minimum atomic E-state index is -0.0742. The highest BCUT2D eigenvalue weighted by Gasteiger charge is 2.32. The largest absolute Gasteiger partial charge is 0.299 e. The lowest BCUT2D eigenvalue weighted by atomic mass is 10.0. The van der Waals surface area contributed by atoms with Crippen molar-refractivity contribution in [3.05, 3.63) is 99.8 Å². The number of likely N-dealkylation sites (tertiary alicyclic amines) is 1. The summed E-state index contributed by atoms with van der Waals surface area (Å²) in [6.45, 7) is 2.79. The number of halogens is 1. The van der Waals surface area contributed by atoms with Gasteiger partial charge in [-0.2, -0.15) is 0 Å². The van der Waals surface area contributed by atoms with E-state index < -0.39 is 0 Å². The summed E-state index contributed by atoms with van der Waals surface area (Å²) in [7, 11) is 0. The Balaban J connectivity index is 1.38. The number of thiophene rings is 1. The van der Waals surface area contributed by atoms with Crippen LogP contribution in [0.2, 0.25) is 5.02 Å². The van der Waals surface area contributed by atoms with Crippen molar-refractivity contribution in [3.63, 3.8) is 0 Å². The lowest BCUT2D eigenvalue weighted by Crippen LogP contribution is -2.47. The molecule has 0 unspecified atom stereocenters. The van der Waals surface area contributed by atoms with Gasteiger partial charge in [0, 0.05) is 37.9 Å². The van der Waals surface area contributed by atoms with E-state index in [2.05, 4.69) is 29.2 Å². The molecule has 0 N–H and O–H groups in total. The van der Waals surface area contributed by atoms with Gasteiger partial charge in [-0.25, -0.2) is 4.68 Å². The van der Waals surface area contributed by atoms with Gasteiger partial charge in [0.05, 0.1) is 10.7 Å². The van der Waals surface area contributed by atoms with E-state index >= 15 is 0 Å². The Morgan fingerprint density at radius 3 is 2.36 bits per heavy atom. The smallest absolute Gasteiger partial charge is 0.271 e. The molecule has 1 fully saturated rings. The number of anilines is 1. The van der Waals surface area contributed by atoms with Gasteiger partial charge in [0.15, 0.2) is 5.82 Å². The number of nitrogens with zero attached hydrogens (tertiary/aromatic N) is 4. The third kappa shape index (κ3) is 4.88. The van der Waals surface area contributed by atoms with Gasteiger partial charge in [0.1, 0.15) is 4.88 Å². The Kier molecular flexibility index (Phi) is 6.58. The highest BCUT2D eigenvalue weighted by atomic mass is 35.5. The molecular weight excluding hydrogens is 452 g/mol. The Bertz CT molecular complexity index is 1200. The highest BCUT2D eigenvalue weighted by molar-refractivity contribution is 7.12. The summed E-state index contributed by atoms with van der Waals surface area (Å²) in [4.78, 5) is 18.5. The fourth-order valence-corrected chi connectivity index (χ4v) is 5.43. The zero-order valence-electron chi connectivity index (χ0n) is 18.2. The SMILES string of the molecule is O=C(c1sccc1Cl)N(c1ccn(-c2ccccc2)n1)C1CCN(Cc2ccccc2)CC1. The molecule has 0 atom stereocenters. The summed E-state index contributed by atoms with van der Waals surface area (Å²) in [5.74, 6) is 0.588. The molecule has 5 nitrogen and oxygen atoms in total. The van der Waals surface area contributed by atoms with Gasteiger partial charge >= 0.3 is 0 Å². The molecule has 1 saturated heterocycles. The average molecular weight is 477 g/mol. The third-order valence-corrected chi connectivity index (χ3v) is 7.37. The molecule has 0 radical (unpaired) electrons. The molecule has 1 amide bonds. The molecule has 1 aliphatic rings. The zero-order chi connectivity index (χ0) is 22.6. The van der Waals surface area contributed by atoms with Crippen LogP contribution >= 0.6 is 22.9 Å².